The van der Waals surface area contributed by atoms with E-state index in [0.29, 0.717) is 5.56 Å². The van der Waals surface area contributed by atoms with E-state index in [1.807, 2.05) is 36.5 Å². The third-order valence-corrected chi connectivity index (χ3v) is 3.66. The third-order valence-electron chi connectivity index (χ3n) is 3.66. The van der Waals surface area contributed by atoms with Gasteiger partial charge in [0, 0.05) is 25.5 Å². The van der Waals surface area contributed by atoms with Crippen LogP contribution in [0.2, 0.25) is 0 Å². The van der Waals surface area contributed by atoms with Crippen LogP contribution in [0.15, 0.2) is 73.1 Å². The summed E-state index contributed by atoms with van der Waals surface area (Å²) in [6.07, 6.45) is 3.66. The zero-order chi connectivity index (χ0) is 15.9. The van der Waals surface area contributed by atoms with Crippen LogP contribution >= 0.6 is 0 Å². The molecule has 0 aliphatic heterocycles. The molecule has 0 spiro atoms. The first-order valence-corrected chi connectivity index (χ1v) is 7.54. The minimum Gasteiger partial charge on any atom is -0.309 e. The summed E-state index contributed by atoms with van der Waals surface area (Å²) in [6, 6.07) is 22.3. The first kappa shape index (κ1) is 15.0. The molecule has 0 bridgehead atoms. The molecular formula is C20H17N3. The van der Waals surface area contributed by atoms with Crippen molar-refractivity contribution in [2.75, 3.05) is 0 Å². The fourth-order valence-electron chi connectivity index (χ4n) is 2.44. The summed E-state index contributed by atoms with van der Waals surface area (Å²) in [7, 11) is 0. The molecule has 3 nitrogen and oxygen atoms in total. The summed E-state index contributed by atoms with van der Waals surface area (Å²) in [5.74, 6) is 0. The predicted octanol–water partition coefficient (Wildman–Crippen LogP) is 3.91. The molecule has 3 aromatic rings. The van der Waals surface area contributed by atoms with Crippen molar-refractivity contribution in [3.8, 4) is 17.2 Å². The molecule has 2 aromatic carbocycles. The number of pyridine rings is 1. The highest BCUT2D eigenvalue weighted by Gasteiger charge is 2.00. The zero-order valence-electron chi connectivity index (χ0n) is 12.7. The Morgan fingerprint density at radius 3 is 2.39 bits per heavy atom. The maximum atomic E-state index is 8.80. The molecule has 1 aromatic heterocycles. The van der Waals surface area contributed by atoms with Gasteiger partial charge in [0.2, 0.25) is 0 Å². The van der Waals surface area contributed by atoms with Gasteiger partial charge in [-0.05, 0) is 46.5 Å². The molecule has 0 saturated heterocycles. The molecule has 0 unspecified atom stereocenters. The number of hydrogen-bond donors (Lipinski definition) is 1. The number of aromatic nitrogens is 1. The first-order valence-electron chi connectivity index (χ1n) is 7.54. The van der Waals surface area contributed by atoms with Gasteiger partial charge in [-0.25, -0.2) is 0 Å². The van der Waals surface area contributed by atoms with Gasteiger partial charge in [-0.15, -0.1) is 0 Å². The van der Waals surface area contributed by atoms with Crippen molar-refractivity contribution in [3.63, 3.8) is 0 Å². The second-order valence-corrected chi connectivity index (χ2v) is 5.35. The van der Waals surface area contributed by atoms with Crippen molar-refractivity contribution >= 4 is 0 Å². The molecule has 0 amide bonds. The fourth-order valence-corrected chi connectivity index (χ4v) is 2.44. The van der Waals surface area contributed by atoms with E-state index in [4.69, 9.17) is 5.26 Å². The number of hydrogen-bond acceptors (Lipinski definition) is 3. The Kier molecular flexibility index (Phi) is 4.78. The van der Waals surface area contributed by atoms with E-state index in [-0.39, 0.29) is 0 Å². The molecular weight excluding hydrogens is 282 g/mol. The average molecular weight is 299 g/mol. The first-order chi connectivity index (χ1) is 11.3. The van der Waals surface area contributed by atoms with Crippen molar-refractivity contribution in [1.82, 2.24) is 10.3 Å². The second kappa shape index (κ2) is 7.35. The maximum absolute atomic E-state index is 8.80. The van der Waals surface area contributed by atoms with Gasteiger partial charge in [-0.3, -0.25) is 4.98 Å². The average Bonchev–Trinajstić information content (AvgIpc) is 2.63. The summed E-state index contributed by atoms with van der Waals surface area (Å²) < 4.78 is 0. The normalized spacial score (nSPS) is 10.2. The number of nitrogens with zero attached hydrogens (tertiary/aromatic N) is 2. The molecule has 3 rings (SSSR count). The maximum Gasteiger partial charge on any atom is 0.0991 e. The largest absolute Gasteiger partial charge is 0.309 e. The Hall–Kier alpha value is -2.96. The fraction of sp³-hybridized carbons (Fsp3) is 0.100. The minimum atomic E-state index is 0.693. The highest BCUT2D eigenvalue weighted by Crippen LogP contribution is 2.19. The molecule has 112 valence electrons. The van der Waals surface area contributed by atoms with Gasteiger partial charge in [0.1, 0.15) is 0 Å². The Balaban J connectivity index is 1.61. The molecule has 0 radical (unpaired) electrons. The molecule has 0 aliphatic carbocycles. The van der Waals surface area contributed by atoms with Crippen LogP contribution in [-0.4, -0.2) is 4.98 Å². The van der Waals surface area contributed by atoms with E-state index in [1.165, 1.54) is 16.7 Å². The lowest BCUT2D eigenvalue weighted by Gasteiger charge is -2.07. The van der Waals surface area contributed by atoms with Gasteiger partial charge in [0.25, 0.3) is 0 Å². The lowest BCUT2D eigenvalue weighted by Crippen LogP contribution is -2.12. The molecule has 3 heteroatoms. The lowest BCUT2D eigenvalue weighted by molar-refractivity contribution is 0.693. The van der Waals surface area contributed by atoms with Gasteiger partial charge >= 0.3 is 0 Å². The molecule has 0 aliphatic rings. The van der Waals surface area contributed by atoms with Gasteiger partial charge in [0.05, 0.1) is 11.6 Å². The molecule has 1 heterocycles. The monoisotopic (exact) mass is 299 g/mol. The zero-order valence-corrected chi connectivity index (χ0v) is 12.7. The highest BCUT2D eigenvalue weighted by atomic mass is 14.8. The van der Waals surface area contributed by atoms with Crippen LogP contribution in [0.5, 0.6) is 0 Å². The summed E-state index contributed by atoms with van der Waals surface area (Å²) in [5, 5.41) is 12.2. The van der Waals surface area contributed by atoms with E-state index >= 15 is 0 Å². The van der Waals surface area contributed by atoms with Crippen LogP contribution in [0.3, 0.4) is 0 Å². The Bertz CT molecular complexity index is 802. The van der Waals surface area contributed by atoms with E-state index in [1.54, 1.807) is 6.20 Å². The van der Waals surface area contributed by atoms with Gasteiger partial charge in [0.15, 0.2) is 0 Å². The van der Waals surface area contributed by atoms with Crippen LogP contribution in [0.1, 0.15) is 16.7 Å². The molecule has 0 saturated carbocycles. The van der Waals surface area contributed by atoms with Crippen LogP contribution in [0.4, 0.5) is 0 Å². The van der Waals surface area contributed by atoms with Gasteiger partial charge < -0.3 is 5.32 Å². The molecule has 23 heavy (non-hydrogen) atoms. The Morgan fingerprint density at radius 1 is 0.870 bits per heavy atom. The smallest absolute Gasteiger partial charge is 0.0991 e. The van der Waals surface area contributed by atoms with E-state index in [2.05, 4.69) is 46.7 Å². The predicted molar refractivity (Wildman–Crippen MR) is 91.4 cm³/mol. The number of benzene rings is 2. The van der Waals surface area contributed by atoms with E-state index < -0.39 is 0 Å². The second-order valence-electron chi connectivity index (χ2n) is 5.35. The molecule has 0 fully saturated rings. The van der Waals surface area contributed by atoms with Crippen LogP contribution in [0, 0.1) is 11.3 Å². The Labute approximate surface area is 136 Å². The minimum absolute atomic E-state index is 0.693. The van der Waals surface area contributed by atoms with Crippen molar-refractivity contribution in [1.29, 1.82) is 5.26 Å². The van der Waals surface area contributed by atoms with Crippen LogP contribution in [0.25, 0.3) is 11.1 Å². The van der Waals surface area contributed by atoms with Crippen LogP contribution < -0.4 is 5.32 Å². The number of rotatable bonds is 5. The summed E-state index contributed by atoms with van der Waals surface area (Å²) in [4.78, 5) is 4.17. The topological polar surface area (TPSA) is 48.7 Å². The van der Waals surface area contributed by atoms with Crippen molar-refractivity contribution in [2.45, 2.75) is 13.1 Å². The standard InChI is InChI=1S/C20H17N3/c21-12-16-6-8-17(9-7-16)13-23-14-18-3-1-4-19(11-18)20-5-2-10-22-15-20/h1-11,15,23H,13-14H2. The molecule has 0 atom stereocenters. The SMILES string of the molecule is N#Cc1ccc(CNCc2cccc(-c3cccnc3)c2)cc1. The van der Waals surface area contributed by atoms with E-state index in [0.717, 1.165) is 18.7 Å². The summed E-state index contributed by atoms with van der Waals surface area (Å²) in [5.41, 5.74) is 5.41. The van der Waals surface area contributed by atoms with Gasteiger partial charge in [-0.2, -0.15) is 5.26 Å². The molecule has 1 N–H and O–H groups in total. The highest BCUT2D eigenvalue weighted by molar-refractivity contribution is 5.62. The number of nitriles is 1. The van der Waals surface area contributed by atoms with Crippen molar-refractivity contribution in [2.24, 2.45) is 0 Å². The third kappa shape index (κ3) is 4.03. The van der Waals surface area contributed by atoms with Crippen molar-refractivity contribution in [3.05, 3.63) is 89.7 Å². The Morgan fingerprint density at radius 2 is 1.65 bits per heavy atom. The van der Waals surface area contributed by atoms with Crippen LogP contribution in [-0.2, 0) is 13.1 Å². The van der Waals surface area contributed by atoms with E-state index in [9.17, 15) is 0 Å². The quantitative estimate of drug-likeness (QED) is 0.777. The summed E-state index contributed by atoms with van der Waals surface area (Å²) >= 11 is 0. The van der Waals surface area contributed by atoms with Crippen molar-refractivity contribution < 1.29 is 0 Å². The van der Waals surface area contributed by atoms with Gasteiger partial charge in [-0.1, -0.05) is 36.4 Å². The summed E-state index contributed by atoms with van der Waals surface area (Å²) in [6.45, 7) is 1.58. The lowest BCUT2D eigenvalue weighted by atomic mass is 10.0. The number of nitrogens with one attached hydrogen (secondary N) is 1.